The summed E-state index contributed by atoms with van der Waals surface area (Å²) >= 11 is 0. The van der Waals surface area contributed by atoms with Gasteiger partial charge in [0.15, 0.2) is 0 Å². The maximum Gasteiger partial charge on any atom is 0.221 e. The Kier molecular flexibility index (Phi) is 8.61. The Morgan fingerprint density at radius 3 is 2.94 bits per heavy atom. The van der Waals surface area contributed by atoms with Crippen molar-refractivity contribution in [3.63, 3.8) is 0 Å². The molecule has 0 aliphatic carbocycles. The highest BCUT2D eigenvalue weighted by molar-refractivity contribution is 5.85. The molecule has 0 aromatic rings. The zero-order chi connectivity index (χ0) is 11.1. The lowest BCUT2D eigenvalue weighted by Crippen LogP contribution is -2.34. The summed E-state index contributed by atoms with van der Waals surface area (Å²) in [6.45, 7) is 4.52. The Morgan fingerprint density at radius 2 is 2.38 bits per heavy atom. The quantitative estimate of drug-likeness (QED) is 0.738. The molecule has 96 valence electrons. The van der Waals surface area contributed by atoms with Crippen LogP contribution in [0, 0.1) is 5.92 Å². The Morgan fingerprint density at radius 1 is 1.62 bits per heavy atom. The van der Waals surface area contributed by atoms with Gasteiger partial charge in [0.1, 0.15) is 0 Å². The third kappa shape index (κ3) is 6.30. The minimum atomic E-state index is 0. The molecule has 1 heterocycles. The maximum atomic E-state index is 11.5. The van der Waals surface area contributed by atoms with Crippen molar-refractivity contribution in [2.24, 2.45) is 5.92 Å². The second-order valence-corrected chi connectivity index (χ2v) is 4.36. The van der Waals surface area contributed by atoms with E-state index in [9.17, 15) is 4.79 Å². The van der Waals surface area contributed by atoms with Gasteiger partial charge in [-0.1, -0.05) is 6.92 Å². The van der Waals surface area contributed by atoms with Crippen LogP contribution in [0.25, 0.3) is 0 Å². The van der Waals surface area contributed by atoms with Crippen molar-refractivity contribution in [1.29, 1.82) is 0 Å². The normalized spacial score (nSPS) is 21.2. The molecule has 1 fully saturated rings. The predicted molar refractivity (Wildman–Crippen MR) is 66.9 cm³/mol. The van der Waals surface area contributed by atoms with Crippen molar-refractivity contribution >= 4 is 18.3 Å². The monoisotopic (exact) mass is 250 g/mol. The van der Waals surface area contributed by atoms with Gasteiger partial charge in [-0.05, 0) is 25.3 Å². The number of methoxy groups -OCH3 is 1. The zero-order valence-corrected chi connectivity index (χ0v) is 10.9. The molecule has 1 rings (SSSR count). The van der Waals surface area contributed by atoms with Crippen LogP contribution in [0.3, 0.4) is 0 Å². The molecule has 0 aromatic carbocycles. The van der Waals surface area contributed by atoms with E-state index in [2.05, 4.69) is 17.6 Å². The van der Waals surface area contributed by atoms with Crippen LogP contribution in [-0.2, 0) is 9.53 Å². The van der Waals surface area contributed by atoms with Crippen molar-refractivity contribution < 1.29 is 9.53 Å². The third-order valence-corrected chi connectivity index (χ3v) is 2.69. The molecule has 0 saturated carbocycles. The zero-order valence-electron chi connectivity index (χ0n) is 10.1. The first-order chi connectivity index (χ1) is 7.22. The van der Waals surface area contributed by atoms with Gasteiger partial charge in [0.25, 0.3) is 0 Å². The second kappa shape index (κ2) is 8.79. The average Bonchev–Trinajstić information content (AvgIpc) is 2.68. The van der Waals surface area contributed by atoms with Gasteiger partial charge in [-0.3, -0.25) is 4.79 Å². The lowest BCUT2D eigenvalue weighted by molar-refractivity contribution is -0.121. The van der Waals surface area contributed by atoms with Crippen LogP contribution in [-0.4, -0.2) is 38.8 Å². The van der Waals surface area contributed by atoms with Crippen LogP contribution >= 0.6 is 12.4 Å². The smallest absolute Gasteiger partial charge is 0.221 e. The van der Waals surface area contributed by atoms with Gasteiger partial charge in [-0.2, -0.15) is 0 Å². The summed E-state index contributed by atoms with van der Waals surface area (Å²) in [7, 11) is 1.68. The molecule has 5 heteroatoms. The molecule has 2 unspecified atom stereocenters. The fourth-order valence-corrected chi connectivity index (χ4v) is 1.86. The number of carbonyl (C=O) groups is 1. The van der Waals surface area contributed by atoms with Gasteiger partial charge >= 0.3 is 0 Å². The van der Waals surface area contributed by atoms with Crippen LogP contribution in [0.2, 0.25) is 0 Å². The lowest BCUT2D eigenvalue weighted by Gasteiger charge is -2.13. The van der Waals surface area contributed by atoms with E-state index >= 15 is 0 Å². The first kappa shape index (κ1) is 15.7. The topological polar surface area (TPSA) is 50.4 Å². The fraction of sp³-hybridized carbons (Fsp3) is 0.909. The van der Waals surface area contributed by atoms with Gasteiger partial charge in [0.05, 0.1) is 6.61 Å². The van der Waals surface area contributed by atoms with E-state index in [0.717, 1.165) is 13.0 Å². The molecule has 2 N–H and O–H groups in total. The molecule has 0 aromatic heterocycles. The highest BCUT2D eigenvalue weighted by Gasteiger charge is 2.17. The minimum Gasteiger partial charge on any atom is -0.384 e. The summed E-state index contributed by atoms with van der Waals surface area (Å²) in [4.78, 5) is 11.5. The van der Waals surface area contributed by atoms with E-state index in [4.69, 9.17) is 4.74 Å². The molecule has 2 atom stereocenters. The van der Waals surface area contributed by atoms with Crippen molar-refractivity contribution in [1.82, 2.24) is 10.6 Å². The molecular formula is C11H23ClN2O2. The lowest BCUT2D eigenvalue weighted by atomic mass is 10.1. The number of carbonyl (C=O) groups excluding carboxylic acids is 1. The largest absolute Gasteiger partial charge is 0.384 e. The Bertz CT molecular complexity index is 196. The summed E-state index contributed by atoms with van der Waals surface area (Å²) in [6, 6.07) is 0.391. The van der Waals surface area contributed by atoms with Crippen molar-refractivity contribution in [2.75, 3.05) is 26.8 Å². The highest BCUT2D eigenvalue weighted by Crippen LogP contribution is 2.08. The maximum absolute atomic E-state index is 11.5. The molecule has 1 amide bonds. The first-order valence-electron chi connectivity index (χ1n) is 5.71. The van der Waals surface area contributed by atoms with Gasteiger partial charge in [0.2, 0.25) is 5.91 Å². The Balaban J connectivity index is 0.00000225. The first-order valence-corrected chi connectivity index (χ1v) is 5.71. The van der Waals surface area contributed by atoms with Crippen LogP contribution in [0.15, 0.2) is 0 Å². The van der Waals surface area contributed by atoms with E-state index in [1.54, 1.807) is 7.11 Å². The predicted octanol–water partition coefficient (Wildman–Crippen LogP) is 0.949. The number of hydrogen-bond acceptors (Lipinski definition) is 3. The summed E-state index contributed by atoms with van der Waals surface area (Å²) in [5.74, 6) is 0.535. The number of nitrogens with one attached hydrogen (secondary N) is 2. The molecule has 0 bridgehead atoms. The van der Waals surface area contributed by atoms with Crippen molar-refractivity contribution in [3.8, 4) is 0 Å². The molecule has 1 saturated heterocycles. The van der Waals surface area contributed by atoms with Crippen LogP contribution in [0.5, 0.6) is 0 Å². The van der Waals surface area contributed by atoms with E-state index in [1.807, 2.05) is 0 Å². The average molecular weight is 251 g/mol. The number of hydrogen-bond donors (Lipinski definition) is 2. The number of halogens is 1. The van der Waals surface area contributed by atoms with Crippen LogP contribution in [0.4, 0.5) is 0 Å². The third-order valence-electron chi connectivity index (χ3n) is 2.69. The van der Waals surface area contributed by atoms with Gasteiger partial charge in [-0.15, -0.1) is 12.4 Å². The standard InChI is InChI=1S/C11H22N2O2.ClH/c1-9(8-15-2)7-13-11(14)6-10-4-3-5-12-10;/h9-10,12H,3-8H2,1-2H3,(H,13,14);1H. The SMILES string of the molecule is COCC(C)CNC(=O)CC1CCCN1.Cl. The fourth-order valence-electron chi connectivity index (χ4n) is 1.86. The Labute approximate surface area is 104 Å². The summed E-state index contributed by atoms with van der Waals surface area (Å²) in [5, 5.41) is 6.25. The number of ether oxygens (including phenoxy) is 1. The van der Waals surface area contributed by atoms with Gasteiger partial charge in [0, 0.05) is 26.1 Å². The Hall–Kier alpha value is -0.320. The summed E-state index contributed by atoms with van der Waals surface area (Å²) < 4.78 is 5.01. The van der Waals surface area contributed by atoms with Gasteiger partial charge < -0.3 is 15.4 Å². The van der Waals surface area contributed by atoms with Crippen molar-refractivity contribution in [2.45, 2.75) is 32.2 Å². The molecular weight excluding hydrogens is 228 g/mol. The minimum absolute atomic E-state index is 0. The van der Waals surface area contributed by atoms with Crippen molar-refractivity contribution in [3.05, 3.63) is 0 Å². The highest BCUT2D eigenvalue weighted by atomic mass is 35.5. The summed E-state index contributed by atoms with van der Waals surface area (Å²) in [5.41, 5.74) is 0. The van der Waals surface area contributed by atoms with E-state index in [0.29, 0.717) is 31.5 Å². The molecule has 0 spiro atoms. The molecule has 0 radical (unpaired) electrons. The number of rotatable bonds is 6. The molecule has 16 heavy (non-hydrogen) atoms. The molecule has 1 aliphatic heterocycles. The molecule has 1 aliphatic rings. The van der Waals surface area contributed by atoms with Crippen LogP contribution in [0.1, 0.15) is 26.2 Å². The number of amides is 1. The van der Waals surface area contributed by atoms with Gasteiger partial charge in [-0.25, -0.2) is 0 Å². The van der Waals surface area contributed by atoms with E-state index < -0.39 is 0 Å². The van der Waals surface area contributed by atoms with E-state index in [1.165, 1.54) is 6.42 Å². The second-order valence-electron chi connectivity index (χ2n) is 4.36. The van der Waals surface area contributed by atoms with E-state index in [-0.39, 0.29) is 18.3 Å². The van der Waals surface area contributed by atoms with Crippen LogP contribution < -0.4 is 10.6 Å². The molecule has 4 nitrogen and oxygen atoms in total. The summed E-state index contributed by atoms with van der Waals surface area (Å²) in [6.07, 6.45) is 2.93.